The number of pyridine rings is 1. The Morgan fingerprint density at radius 1 is 1.20 bits per heavy atom. The number of nitrogens with one attached hydrogen (secondary N) is 2. The van der Waals surface area contributed by atoms with Crippen molar-refractivity contribution in [2.75, 3.05) is 12.4 Å². The molecule has 0 radical (unpaired) electrons. The average molecular weight is 556 g/mol. The second kappa shape index (κ2) is 10.8. The van der Waals surface area contributed by atoms with Gasteiger partial charge >= 0.3 is 6.09 Å². The van der Waals surface area contributed by atoms with E-state index >= 15 is 0 Å². The van der Waals surface area contributed by atoms with Gasteiger partial charge in [0.1, 0.15) is 11.7 Å². The van der Waals surface area contributed by atoms with E-state index in [2.05, 4.69) is 30.3 Å². The summed E-state index contributed by atoms with van der Waals surface area (Å²) in [7, 11) is 1.32. The summed E-state index contributed by atoms with van der Waals surface area (Å²) in [5.74, 6) is 1.11. The lowest BCUT2D eigenvalue weighted by atomic mass is 9.95. The number of benzene rings is 2. The van der Waals surface area contributed by atoms with Gasteiger partial charge in [-0.2, -0.15) is 4.73 Å². The zero-order valence-corrected chi connectivity index (χ0v) is 22.4. The Morgan fingerprint density at radius 3 is 2.70 bits per heavy atom. The van der Waals surface area contributed by atoms with E-state index in [1.54, 1.807) is 47.7 Å². The molecule has 1 fully saturated rings. The third kappa shape index (κ3) is 5.39. The Balaban J connectivity index is 1.30. The summed E-state index contributed by atoms with van der Waals surface area (Å²) in [5.41, 5.74) is 5.25. The SMILES string of the molecule is COC(=O)Nc1ccc(-c2cnc(C(CC3CC3)c3ccc(-c4cc(Cl)ccc4-n4ccnn4)c[n+]3[O-])[nH]2)cc1. The Morgan fingerprint density at radius 2 is 2.00 bits per heavy atom. The third-order valence-corrected chi connectivity index (χ3v) is 7.29. The number of aromatic nitrogens is 6. The van der Waals surface area contributed by atoms with Gasteiger partial charge in [-0.3, -0.25) is 5.32 Å². The quantitative estimate of drug-likeness (QED) is 0.186. The lowest BCUT2D eigenvalue weighted by molar-refractivity contribution is -0.614. The first kappa shape index (κ1) is 25.6. The molecule has 5 aromatic rings. The standard InChI is InChI=1S/C29H26ClN7O3/c1-40-29(38)33-22-8-4-19(5-9-22)25-16-31-28(34-25)24(14-18-2-3-18)27-10-6-20(17-37(27)39)23-15-21(30)7-11-26(23)36-13-12-32-35-36/h4-13,15-18,24H,2-3,14H2,1H3,(H,31,34)(H,33,38). The van der Waals surface area contributed by atoms with Gasteiger partial charge in [0.25, 0.3) is 0 Å². The summed E-state index contributed by atoms with van der Waals surface area (Å²) < 4.78 is 7.22. The van der Waals surface area contributed by atoms with Gasteiger partial charge in [-0.1, -0.05) is 41.8 Å². The average Bonchev–Trinajstić information content (AvgIpc) is 3.39. The number of ether oxygens (including phenoxy) is 1. The third-order valence-electron chi connectivity index (χ3n) is 7.06. The van der Waals surface area contributed by atoms with Crippen molar-refractivity contribution in [2.45, 2.75) is 25.2 Å². The number of imidazole rings is 1. The molecule has 3 heterocycles. The maximum atomic E-state index is 13.5. The van der Waals surface area contributed by atoms with Crippen molar-refractivity contribution in [3.63, 3.8) is 0 Å². The zero-order chi connectivity index (χ0) is 27.6. The highest BCUT2D eigenvalue weighted by Crippen LogP contribution is 2.41. The van der Waals surface area contributed by atoms with Gasteiger partial charge in [-0.05, 0) is 54.3 Å². The number of carbonyl (C=O) groups excluding carboxylic acids is 1. The lowest BCUT2D eigenvalue weighted by Gasteiger charge is -2.16. The number of hydrogen-bond donors (Lipinski definition) is 2. The van der Waals surface area contributed by atoms with Gasteiger partial charge in [0.2, 0.25) is 5.69 Å². The molecule has 1 aliphatic carbocycles. The van der Waals surface area contributed by atoms with Gasteiger partial charge in [-0.25, -0.2) is 14.5 Å². The molecule has 1 unspecified atom stereocenters. The predicted octanol–water partition coefficient (Wildman–Crippen LogP) is 5.72. The van der Waals surface area contributed by atoms with Gasteiger partial charge in [-0.15, -0.1) is 5.10 Å². The molecule has 2 N–H and O–H groups in total. The van der Waals surface area contributed by atoms with Crippen LogP contribution in [-0.2, 0) is 4.74 Å². The summed E-state index contributed by atoms with van der Waals surface area (Å²) in [4.78, 5) is 19.6. The van der Waals surface area contributed by atoms with E-state index in [-0.39, 0.29) is 5.92 Å². The Kier molecular flexibility index (Phi) is 6.91. The molecule has 10 nitrogen and oxygen atoms in total. The van der Waals surface area contributed by atoms with Crippen LogP contribution in [-0.4, -0.2) is 38.2 Å². The largest absolute Gasteiger partial charge is 0.618 e. The van der Waals surface area contributed by atoms with Crippen molar-refractivity contribution < 1.29 is 14.3 Å². The normalized spacial score (nSPS) is 13.7. The van der Waals surface area contributed by atoms with Crippen LogP contribution < -0.4 is 10.0 Å². The van der Waals surface area contributed by atoms with Gasteiger partial charge in [0.15, 0.2) is 6.20 Å². The van der Waals surface area contributed by atoms with Crippen LogP contribution in [0.4, 0.5) is 10.5 Å². The zero-order valence-electron chi connectivity index (χ0n) is 21.6. The van der Waals surface area contributed by atoms with E-state index in [1.165, 1.54) is 7.11 Å². The molecule has 3 aromatic heterocycles. The van der Waals surface area contributed by atoms with Crippen molar-refractivity contribution in [2.24, 2.45) is 5.92 Å². The fraction of sp³-hybridized carbons (Fsp3) is 0.207. The van der Waals surface area contributed by atoms with Crippen LogP contribution in [0.1, 0.15) is 36.7 Å². The van der Waals surface area contributed by atoms with Crippen LogP contribution in [0.15, 0.2) is 79.4 Å². The molecule has 0 aliphatic heterocycles. The molecule has 6 rings (SSSR count). The topological polar surface area (TPSA) is 125 Å². The molecule has 40 heavy (non-hydrogen) atoms. The molecule has 0 spiro atoms. The summed E-state index contributed by atoms with van der Waals surface area (Å²) >= 11 is 6.32. The summed E-state index contributed by atoms with van der Waals surface area (Å²) in [5, 5.41) is 24.7. The molecule has 0 bridgehead atoms. The number of H-pyrrole nitrogens is 1. The van der Waals surface area contributed by atoms with E-state index in [0.29, 0.717) is 22.3 Å². The number of aromatic amines is 1. The minimum absolute atomic E-state index is 0.192. The monoisotopic (exact) mass is 555 g/mol. The number of amides is 1. The number of nitrogens with zero attached hydrogens (tertiary/aromatic N) is 5. The maximum Gasteiger partial charge on any atom is 0.411 e. The Labute approximate surface area is 235 Å². The summed E-state index contributed by atoms with van der Waals surface area (Å²) in [6.07, 6.45) is 9.31. The van der Waals surface area contributed by atoms with Crippen LogP contribution >= 0.6 is 11.6 Å². The van der Waals surface area contributed by atoms with Gasteiger partial charge in [0.05, 0.1) is 37.1 Å². The number of rotatable bonds is 8. The van der Waals surface area contributed by atoms with Crippen molar-refractivity contribution >= 4 is 23.4 Å². The summed E-state index contributed by atoms with van der Waals surface area (Å²) in [6, 6.07) is 16.6. The molecule has 1 saturated carbocycles. The van der Waals surface area contributed by atoms with E-state index in [9.17, 15) is 10.0 Å². The highest BCUT2D eigenvalue weighted by molar-refractivity contribution is 6.31. The first-order valence-electron chi connectivity index (χ1n) is 12.9. The highest BCUT2D eigenvalue weighted by atomic mass is 35.5. The first-order chi connectivity index (χ1) is 19.5. The Hall–Kier alpha value is -4.70. The van der Waals surface area contributed by atoms with Crippen LogP contribution in [0, 0.1) is 11.1 Å². The van der Waals surface area contributed by atoms with E-state index < -0.39 is 6.09 Å². The van der Waals surface area contributed by atoms with Crippen LogP contribution in [0.25, 0.3) is 28.1 Å². The molecule has 202 valence electrons. The van der Waals surface area contributed by atoms with Crippen molar-refractivity contribution in [3.05, 3.63) is 101 Å². The number of halogens is 1. The number of hydrogen-bond acceptors (Lipinski definition) is 6. The fourth-order valence-electron chi connectivity index (χ4n) is 4.82. The number of methoxy groups -OCH3 is 1. The Bertz CT molecular complexity index is 1650. The number of anilines is 1. The minimum Gasteiger partial charge on any atom is -0.618 e. The van der Waals surface area contributed by atoms with E-state index in [1.807, 2.05) is 36.4 Å². The van der Waals surface area contributed by atoms with Gasteiger partial charge in [0, 0.05) is 27.9 Å². The predicted molar refractivity (Wildman–Crippen MR) is 150 cm³/mol. The van der Waals surface area contributed by atoms with E-state index in [0.717, 1.165) is 57.9 Å². The van der Waals surface area contributed by atoms with Crippen LogP contribution in [0.3, 0.4) is 0 Å². The first-order valence-corrected chi connectivity index (χ1v) is 13.3. The second-order valence-electron chi connectivity index (χ2n) is 9.79. The molecule has 11 heteroatoms. The van der Waals surface area contributed by atoms with Crippen molar-refractivity contribution in [1.29, 1.82) is 0 Å². The van der Waals surface area contributed by atoms with Crippen molar-refractivity contribution in [3.8, 4) is 28.1 Å². The molecule has 2 aromatic carbocycles. The second-order valence-corrected chi connectivity index (χ2v) is 10.2. The minimum atomic E-state index is -0.526. The fourth-order valence-corrected chi connectivity index (χ4v) is 4.99. The molecular weight excluding hydrogens is 530 g/mol. The molecule has 1 atom stereocenters. The van der Waals surface area contributed by atoms with E-state index in [4.69, 9.17) is 11.6 Å². The summed E-state index contributed by atoms with van der Waals surface area (Å²) in [6.45, 7) is 0. The number of carbonyl (C=O) groups is 1. The van der Waals surface area contributed by atoms with Gasteiger partial charge < -0.3 is 14.9 Å². The highest BCUT2D eigenvalue weighted by Gasteiger charge is 2.33. The van der Waals surface area contributed by atoms with Crippen LogP contribution in [0.2, 0.25) is 5.02 Å². The molecule has 0 saturated heterocycles. The molecule has 1 aliphatic rings. The molecular formula is C29H26ClN7O3. The van der Waals surface area contributed by atoms with Crippen LogP contribution in [0.5, 0.6) is 0 Å². The lowest BCUT2D eigenvalue weighted by Crippen LogP contribution is -2.34. The maximum absolute atomic E-state index is 13.5. The molecule has 1 amide bonds. The van der Waals surface area contributed by atoms with Crippen molar-refractivity contribution in [1.82, 2.24) is 25.0 Å². The smallest absolute Gasteiger partial charge is 0.411 e.